The van der Waals surface area contributed by atoms with Gasteiger partial charge >= 0.3 is 5.97 Å². The zero-order chi connectivity index (χ0) is 21.1. The minimum atomic E-state index is -0.295. The number of nitrogens with zero attached hydrogens (tertiary/aromatic N) is 2. The quantitative estimate of drug-likeness (QED) is 0.221. The molecule has 0 aliphatic carbocycles. The van der Waals surface area contributed by atoms with Crippen LogP contribution < -0.4 is 10.6 Å². The third-order valence-electron chi connectivity index (χ3n) is 4.57. The zero-order valence-corrected chi connectivity index (χ0v) is 21.0. The highest BCUT2D eigenvalue weighted by Gasteiger charge is 2.21. The number of morpholine rings is 1. The van der Waals surface area contributed by atoms with E-state index in [4.69, 9.17) is 9.47 Å². The molecule has 30 heavy (non-hydrogen) atoms. The van der Waals surface area contributed by atoms with E-state index in [1.165, 1.54) is 0 Å². The molecule has 1 saturated heterocycles. The molecule has 2 rings (SSSR count). The molecule has 170 valence electrons. The van der Waals surface area contributed by atoms with Gasteiger partial charge in [-0.2, -0.15) is 0 Å². The Kier molecular flexibility index (Phi) is 13.0. The first-order valence-corrected chi connectivity index (χ1v) is 10.6. The molecule has 2 N–H and O–H groups in total. The molecule has 8 heteroatoms. The Labute approximate surface area is 198 Å². The van der Waals surface area contributed by atoms with Crippen molar-refractivity contribution in [3.8, 4) is 0 Å². The number of hydrogen-bond acceptors (Lipinski definition) is 5. The van der Waals surface area contributed by atoms with Crippen LogP contribution in [0.25, 0.3) is 0 Å². The maximum absolute atomic E-state index is 11.7. The number of hydrogen-bond donors (Lipinski definition) is 2. The summed E-state index contributed by atoms with van der Waals surface area (Å²) in [6.45, 7) is 14.6. The minimum Gasteiger partial charge on any atom is -0.462 e. The normalized spacial score (nSPS) is 17.4. The van der Waals surface area contributed by atoms with Crippen molar-refractivity contribution in [1.29, 1.82) is 0 Å². The SMILES string of the molecule is CCNC(=NCc1ccc(C(=O)OCC)cc1)NCC1CN(CC(C)C)CCO1.I. The number of aliphatic imine (C=N–C) groups is 1. The van der Waals surface area contributed by atoms with E-state index in [9.17, 15) is 4.79 Å². The first-order valence-electron chi connectivity index (χ1n) is 10.6. The van der Waals surface area contributed by atoms with Crippen LogP contribution in [0.2, 0.25) is 0 Å². The number of carbonyl (C=O) groups excluding carboxylic acids is 1. The lowest BCUT2D eigenvalue weighted by Gasteiger charge is -2.34. The predicted molar refractivity (Wildman–Crippen MR) is 132 cm³/mol. The lowest BCUT2D eigenvalue weighted by Crippen LogP contribution is -2.50. The summed E-state index contributed by atoms with van der Waals surface area (Å²) in [4.78, 5) is 18.9. The van der Waals surface area contributed by atoms with Gasteiger partial charge in [0.2, 0.25) is 0 Å². The van der Waals surface area contributed by atoms with Gasteiger partial charge in [0.25, 0.3) is 0 Å². The Morgan fingerprint density at radius 3 is 2.63 bits per heavy atom. The highest BCUT2D eigenvalue weighted by atomic mass is 127. The summed E-state index contributed by atoms with van der Waals surface area (Å²) in [6, 6.07) is 7.38. The number of ether oxygens (including phenoxy) is 2. The topological polar surface area (TPSA) is 75.2 Å². The van der Waals surface area contributed by atoms with Gasteiger partial charge in [0.1, 0.15) is 0 Å². The largest absolute Gasteiger partial charge is 0.462 e. The van der Waals surface area contributed by atoms with Gasteiger partial charge in [0.15, 0.2) is 5.96 Å². The fourth-order valence-electron chi connectivity index (χ4n) is 3.27. The van der Waals surface area contributed by atoms with Gasteiger partial charge in [0, 0.05) is 32.7 Å². The van der Waals surface area contributed by atoms with Gasteiger partial charge in [-0.25, -0.2) is 9.79 Å². The summed E-state index contributed by atoms with van der Waals surface area (Å²) in [6.07, 6.45) is 0.162. The van der Waals surface area contributed by atoms with Crippen molar-refractivity contribution >= 4 is 35.9 Å². The second-order valence-corrected chi connectivity index (χ2v) is 7.64. The Hall–Kier alpha value is -1.39. The molecule has 1 atom stereocenters. The molecule has 0 radical (unpaired) electrons. The van der Waals surface area contributed by atoms with Crippen molar-refractivity contribution in [1.82, 2.24) is 15.5 Å². The molecule has 1 aromatic carbocycles. The minimum absolute atomic E-state index is 0. The molecule has 1 fully saturated rings. The van der Waals surface area contributed by atoms with Gasteiger partial charge in [-0.1, -0.05) is 26.0 Å². The van der Waals surface area contributed by atoms with Crippen molar-refractivity contribution < 1.29 is 14.3 Å². The molecule has 1 aromatic rings. The molecule has 1 aliphatic rings. The van der Waals surface area contributed by atoms with E-state index in [1.807, 2.05) is 19.1 Å². The first-order chi connectivity index (χ1) is 14.0. The lowest BCUT2D eigenvalue weighted by molar-refractivity contribution is -0.0284. The highest BCUT2D eigenvalue weighted by Crippen LogP contribution is 2.09. The summed E-state index contributed by atoms with van der Waals surface area (Å²) in [7, 11) is 0. The number of esters is 1. The van der Waals surface area contributed by atoms with Gasteiger partial charge in [-0.05, 0) is 37.5 Å². The molecule has 0 bridgehead atoms. The Bertz CT molecular complexity index is 652. The molecule has 0 saturated carbocycles. The molecule has 0 spiro atoms. The van der Waals surface area contributed by atoms with Crippen molar-refractivity contribution in [3.05, 3.63) is 35.4 Å². The van der Waals surface area contributed by atoms with E-state index < -0.39 is 0 Å². The van der Waals surface area contributed by atoms with Crippen LogP contribution in [-0.4, -0.2) is 68.9 Å². The van der Waals surface area contributed by atoms with Gasteiger partial charge in [-0.3, -0.25) is 4.90 Å². The fraction of sp³-hybridized carbons (Fsp3) is 0.636. The van der Waals surface area contributed by atoms with Crippen molar-refractivity contribution in [2.24, 2.45) is 10.9 Å². The van der Waals surface area contributed by atoms with Crippen LogP contribution in [0.3, 0.4) is 0 Å². The van der Waals surface area contributed by atoms with Crippen molar-refractivity contribution in [2.75, 3.05) is 45.9 Å². The summed E-state index contributed by atoms with van der Waals surface area (Å²) in [5.74, 6) is 1.14. The molecule has 0 aromatic heterocycles. The fourth-order valence-corrected chi connectivity index (χ4v) is 3.27. The maximum Gasteiger partial charge on any atom is 0.338 e. The second-order valence-electron chi connectivity index (χ2n) is 7.64. The van der Waals surface area contributed by atoms with E-state index in [0.717, 1.165) is 50.9 Å². The monoisotopic (exact) mass is 532 g/mol. The number of guanidine groups is 1. The maximum atomic E-state index is 11.7. The van der Waals surface area contributed by atoms with E-state index in [1.54, 1.807) is 19.1 Å². The number of halogens is 1. The van der Waals surface area contributed by atoms with Crippen LogP contribution in [0, 0.1) is 5.92 Å². The molecule has 1 unspecified atom stereocenters. The summed E-state index contributed by atoms with van der Waals surface area (Å²) in [5, 5.41) is 6.67. The Balaban J connectivity index is 0.00000450. The third kappa shape index (κ3) is 9.61. The average molecular weight is 532 g/mol. The van der Waals surface area contributed by atoms with Gasteiger partial charge in [0.05, 0.1) is 31.4 Å². The van der Waals surface area contributed by atoms with Crippen molar-refractivity contribution in [2.45, 2.75) is 40.3 Å². The van der Waals surface area contributed by atoms with Crippen LogP contribution in [0.1, 0.15) is 43.6 Å². The predicted octanol–water partition coefficient (Wildman–Crippen LogP) is 2.89. The lowest BCUT2D eigenvalue weighted by atomic mass is 10.1. The average Bonchev–Trinajstić information content (AvgIpc) is 2.70. The molecular weight excluding hydrogens is 495 g/mol. The zero-order valence-electron chi connectivity index (χ0n) is 18.6. The molecule has 1 aliphatic heterocycles. The molecule has 1 heterocycles. The van der Waals surface area contributed by atoms with Crippen molar-refractivity contribution in [3.63, 3.8) is 0 Å². The van der Waals surface area contributed by atoms with Crippen LogP contribution in [0.5, 0.6) is 0 Å². The van der Waals surface area contributed by atoms with E-state index in [0.29, 0.717) is 24.6 Å². The second kappa shape index (κ2) is 14.6. The number of nitrogens with one attached hydrogen (secondary N) is 2. The Morgan fingerprint density at radius 2 is 2.00 bits per heavy atom. The molecular formula is C22H37IN4O3. The summed E-state index contributed by atoms with van der Waals surface area (Å²) in [5.41, 5.74) is 1.59. The van der Waals surface area contributed by atoms with E-state index in [-0.39, 0.29) is 36.0 Å². The van der Waals surface area contributed by atoms with Crippen LogP contribution >= 0.6 is 24.0 Å². The number of benzene rings is 1. The van der Waals surface area contributed by atoms with Crippen LogP contribution in [0.4, 0.5) is 0 Å². The van der Waals surface area contributed by atoms with Gasteiger partial charge < -0.3 is 20.1 Å². The van der Waals surface area contributed by atoms with Crippen LogP contribution in [-0.2, 0) is 16.0 Å². The van der Waals surface area contributed by atoms with E-state index in [2.05, 4.69) is 34.4 Å². The first kappa shape index (κ1) is 26.6. The number of rotatable bonds is 9. The van der Waals surface area contributed by atoms with Crippen LogP contribution in [0.15, 0.2) is 29.3 Å². The third-order valence-corrected chi connectivity index (χ3v) is 4.57. The van der Waals surface area contributed by atoms with Gasteiger partial charge in [-0.15, -0.1) is 24.0 Å². The number of carbonyl (C=O) groups is 1. The Morgan fingerprint density at radius 1 is 1.27 bits per heavy atom. The highest BCUT2D eigenvalue weighted by molar-refractivity contribution is 14.0. The smallest absolute Gasteiger partial charge is 0.338 e. The van der Waals surface area contributed by atoms with E-state index >= 15 is 0 Å². The standard InChI is InChI=1S/C22H36N4O3.HI/c1-5-23-22(25-14-20-16-26(11-12-29-20)15-17(3)4)24-13-18-7-9-19(10-8-18)21(27)28-6-2;/h7-10,17,20H,5-6,11-16H2,1-4H3,(H2,23,24,25);1H. The molecule has 7 nitrogen and oxygen atoms in total. The molecule has 0 amide bonds. The summed E-state index contributed by atoms with van der Waals surface area (Å²) >= 11 is 0. The summed E-state index contributed by atoms with van der Waals surface area (Å²) < 4.78 is 10.9.